The van der Waals surface area contributed by atoms with Crippen LogP contribution in [0.1, 0.15) is 11.3 Å². The number of rotatable bonds is 4. The van der Waals surface area contributed by atoms with Crippen molar-refractivity contribution in [1.29, 1.82) is 0 Å². The number of alkyl halides is 3. The molecule has 0 aliphatic carbocycles. The predicted molar refractivity (Wildman–Crippen MR) is 85.4 cm³/mol. The molecule has 1 saturated heterocycles. The van der Waals surface area contributed by atoms with E-state index in [1.807, 2.05) is 17.0 Å². The van der Waals surface area contributed by atoms with Gasteiger partial charge in [0.25, 0.3) is 0 Å². The Hall–Kier alpha value is -1.87. The first-order valence-electron chi connectivity index (χ1n) is 7.44. The number of methoxy groups -OCH3 is 1. The quantitative estimate of drug-likeness (QED) is 0.841. The molecule has 1 fully saturated rings. The van der Waals surface area contributed by atoms with E-state index >= 15 is 0 Å². The molecule has 3 heterocycles. The minimum absolute atomic E-state index is 0.438. The monoisotopic (exact) mass is 358 g/mol. The van der Waals surface area contributed by atoms with Gasteiger partial charge in [0.05, 0.1) is 7.11 Å². The molecule has 3 rings (SSSR count). The molecular formula is C15H17F3N4OS. The number of aromatic nitrogens is 2. The summed E-state index contributed by atoms with van der Waals surface area (Å²) in [4.78, 5) is 12.0. The summed E-state index contributed by atoms with van der Waals surface area (Å²) in [5.74, 6) is 0.577. The van der Waals surface area contributed by atoms with Gasteiger partial charge in [0.15, 0.2) is 10.8 Å². The van der Waals surface area contributed by atoms with Gasteiger partial charge < -0.3 is 9.64 Å². The minimum atomic E-state index is -4.38. The second-order valence-electron chi connectivity index (χ2n) is 5.49. The van der Waals surface area contributed by atoms with E-state index in [1.165, 1.54) is 0 Å². The van der Waals surface area contributed by atoms with Crippen LogP contribution in [-0.2, 0) is 12.7 Å². The molecule has 1 aliphatic heterocycles. The fourth-order valence-electron chi connectivity index (χ4n) is 2.52. The first-order valence-corrected chi connectivity index (χ1v) is 8.32. The lowest BCUT2D eigenvalue weighted by Crippen LogP contribution is -2.46. The maximum absolute atomic E-state index is 12.6. The second-order valence-corrected chi connectivity index (χ2v) is 6.32. The highest BCUT2D eigenvalue weighted by atomic mass is 32.1. The van der Waals surface area contributed by atoms with Crippen LogP contribution in [0.25, 0.3) is 0 Å². The second kappa shape index (κ2) is 6.94. The molecule has 5 nitrogen and oxygen atoms in total. The van der Waals surface area contributed by atoms with Crippen molar-refractivity contribution in [3.63, 3.8) is 0 Å². The molecule has 9 heteroatoms. The Labute approximate surface area is 141 Å². The zero-order valence-electron chi connectivity index (χ0n) is 13.1. The third kappa shape index (κ3) is 3.96. The third-order valence-electron chi connectivity index (χ3n) is 3.84. The largest absolute Gasteiger partial charge is 0.481 e. The van der Waals surface area contributed by atoms with E-state index in [1.54, 1.807) is 13.3 Å². The standard InChI is InChI=1S/C15H17F3N4OS/c1-23-13-3-2-11(8-19-13)9-21-4-6-22(7-5-21)14-20-12(10-24-14)15(16,17)18/h2-3,8,10H,4-7,9H2,1H3. The topological polar surface area (TPSA) is 41.5 Å². The molecule has 0 atom stereocenters. The van der Waals surface area contributed by atoms with Crippen molar-refractivity contribution >= 4 is 16.5 Å². The van der Waals surface area contributed by atoms with Crippen LogP contribution in [-0.4, -0.2) is 48.2 Å². The van der Waals surface area contributed by atoms with Crippen molar-refractivity contribution in [3.8, 4) is 5.88 Å². The van der Waals surface area contributed by atoms with Crippen molar-refractivity contribution in [1.82, 2.24) is 14.9 Å². The normalized spacial score (nSPS) is 16.4. The number of thiazole rings is 1. The average Bonchev–Trinajstić information content (AvgIpc) is 3.07. The van der Waals surface area contributed by atoms with E-state index in [0.29, 0.717) is 24.1 Å². The van der Waals surface area contributed by atoms with Crippen LogP contribution in [0.2, 0.25) is 0 Å². The maximum atomic E-state index is 12.6. The molecule has 0 amide bonds. The van der Waals surface area contributed by atoms with Gasteiger partial charge in [0, 0.05) is 50.4 Å². The number of nitrogens with zero attached hydrogens (tertiary/aromatic N) is 4. The fourth-order valence-corrected chi connectivity index (χ4v) is 3.41. The van der Waals surface area contributed by atoms with Crippen LogP contribution >= 0.6 is 11.3 Å². The van der Waals surface area contributed by atoms with Crippen molar-refractivity contribution in [2.75, 3.05) is 38.2 Å². The number of piperazine rings is 1. The summed E-state index contributed by atoms with van der Waals surface area (Å²) >= 11 is 1.04. The Morgan fingerprint density at radius 2 is 1.96 bits per heavy atom. The molecule has 2 aromatic heterocycles. The third-order valence-corrected chi connectivity index (χ3v) is 4.74. The molecule has 130 valence electrons. The molecule has 0 bridgehead atoms. The fraction of sp³-hybridized carbons (Fsp3) is 0.467. The lowest BCUT2D eigenvalue weighted by atomic mass is 10.2. The number of anilines is 1. The molecule has 24 heavy (non-hydrogen) atoms. The van der Waals surface area contributed by atoms with Gasteiger partial charge in [0.1, 0.15) is 0 Å². The van der Waals surface area contributed by atoms with Gasteiger partial charge in [-0.1, -0.05) is 6.07 Å². The smallest absolute Gasteiger partial charge is 0.434 e. The van der Waals surface area contributed by atoms with E-state index in [-0.39, 0.29) is 0 Å². The van der Waals surface area contributed by atoms with Crippen molar-refractivity contribution < 1.29 is 17.9 Å². The Kier molecular flexibility index (Phi) is 4.91. The molecule has 0 aromatic carbocycles. The summed E-state index contributed by atoms with van der Waals surface area (Å²) < 4.78 is 42.9. The van der Waals surface area contributed by atoms with Crippen molar-refractivity contribution in [2.24, 2.45) is 0 Å². The molecule has 1 aliphatic rings. The highest BCUT2D eigenvalue weighted by Gasteiger charge is 2.34. The number of hydrogen-bond acceptors (Lipinski definition) is 6. The van der Waals surface area contributed by atoms with Crippen molar-refractivity contribution in [3.05, 3.63) is 35.0 Å². The zero-order chi connectivity index (χ0) is 17.2. The maximum Gasteiger partial charge on any atom is 0.434 e. The summed E-state index contributed by atoms with van der Waals surface area (Å²) in [5.41, 5.74) is 0.270. The van der Waals surface area contributed by atoms with Gasteiger partial charge in [0.2, 0.25) is 5.88 Å². The zero-order valence-corrected chi connectivity index (χ0v) is 13.9. The minimum Gasteiger partial charge on any atom is -0.481 e. The summed E-state index contributed by atoms with van der Waals surface area (Å²) in [6, 6.07) is 3.79. The van der Waals surface area contributed by atoms with Gasteiger partial charge in [-0.2, -0.15) is 13.2 Å². The molecule has 2 aromatic rings. The molecule has 0 N–H and O–H groups in total. The molecule has 0 radical (unpaired) electrons. The summed E-state index contributed by atoms with van der Waals surface area (Å²) in [6.07, 6.45) is -2.60. The summed E-state index contributed by atoms with van der Waals surface area (Å²) in [7, 11) is 1.57. The van der Waals surface area contributed by atoms with E-state index in [2.05, 4.69) is 14.9 Å². The van der Waals surface area contributed by atoms with Crippen LogP contribution in [0.15, 0.2) is 23.7 Å². The molecular weight excluding hydrogens is 341 g/mol. The highest BCUT2D eigenvalue weighted by molar-refractivity contribution is 7.13. The SMILES string of the molecule is COc1ccc(CN2CCN(c3nc(C(F)(F)F)cs3)CC2)cn1. The summed E-state index contributed by atoms with van der Waals surface area (Å²) in [5, 5.41) is 1.51. The number of halogens is 3. The number of pyridine rings is 1. The Balaban J connectivity index is 1.54. The van der Waals surface area contributed by atoms with Crippen LogP contribution in [0.3, 0.4) is 0 Å². The van der Waals surface area contributed by atoms with Gasteiger partial charge in [-0.05, 0) is 5.56 Å². The first kappa shape index (κ1) is 17.0. The van der Waals surface area contributed by atoms with Gasteiger partial charge in [-0.25, -0.2) is 9.97 Å². The van der Waals surface area contributed by atoms with Gasteiger partial charge >= 0.3 is 6.18 Å². The lowest BCUT2D eigenvalue weighted by Gasteiger charge is -2.34. The van der Waals surface area contributed by atoms with Crippen LogP contribution in [0.5, 0.6) is 5.88 Å². The van der Waals surface area contributed by atoms with E-state index in [9.17, 15) is 13.2 Å². The predicted octanol–water partition coefficient (Wildman–Crippen LogP) is 2.89. The van der Waals surface area contributed by atoms with Gasteiger partial charge in [-0.15, -0.1) is 11.3 Å². The average molecular weight is 358 g/mol. The van der Waals surface area contributed by atoms with E-state index in [0.717, 1.165) is 41.9 Å². The molecule has 0 spiro atoms. The molecule has 0 unspecified atom stereocenters. The Morgan fingerprint density at radius 3 is 2.50 bits per heavy atom. The van der Waals surface area contributed by atoms with Gasteiger partial charge in [-0.3, -0.25) is 4.90 Å². The van der Waals surface area contributed by atoms with Crippen molar-refractivity contribution in [2.45, 2.75) is 12.7 Å². The highest BCUT2D eigenvalue weighted by Crippen LogP contribution is 2.33. The van der Waals surface area contributed by atoms with E-state index in [4.69, 9.17) is 4.74 Å². The van der Waals surface area contributed by atoms with Crippen LogP contribution in [0.4, 0.5) is 18.3 Å². The lowest BCUT2D eigenvalue weighted by molar-refractivity contribution is -0.140. The number of hydrogen-bond donors (Lipinski definition) is 0. The van der Waals surface area contributed by atoms with E-state index < -0.39 is 11.9 Å². The Morgan fingerprint density at radius 1 is 1.21 bits per heavy atom. The molecule has 0 saturated carbocycles. The number of ether oxygens (including phenoxy) is 1. The Bertz CT molecular complexity index is 666. The van der Waals surface area contributed by atoms with Crippen LogP contribution in [0, 0.1) is 0 Å². The first-order chi connectivity index (χ1) is 11.5. The van der Waals surface area contributed by atoms with Crippen LogP contribution < -0.4 is 9.64 Å². The summed E-state index contributed by atoms with van der Waals surface area (Å²) in [6.45, 7) is 3.62.